The van der Waals surface area contributed by atoms with Crippen molar-refractivity contribution in [3.8, 4) is 0 Å². The molecule has 0 radical (unpaired) electrons. The Morgan fingerprint density at radius 1 is 1.38 bits per heavy atom. The van der Waals surface area contributed by atoms with Crippen LogP contribution in [0.2, 0.25) is 0 Å². The molecule has 1 fully saturated rings. The van der Waals surface area contributed by atoms with Crippen LogP contribution in [0.4, 0.5) is 0 Å². The minimum atomic E-state index is -0.237. The second kappa shape index (κ2) is 5.46. The molecule has 0 saturated carbocycles. The van der Waals surface area contributed by atoms with Gasteiger partial charge in [0, 0.05) is 19.1 Å². The van der Waals surface area contributed by atoms with Gasteiger partial charge in [-0.25, -0.2) is 4.68 Å². The van der Waals surface area contributed by atoms with E-state index in [0.29, 0.717) is 18.2 Å². The number of likely N-dealkylation sites (tertiary alicyclic amines) is 1. The molecule has 0 spiro atoms. The Bertz CT molecular complexity index is 560. The quantitative estimate of drug-likeness (QED) is 0.887. The van der Waals surface area contributed by atoms with E-state index in [1.54, 1.807) is 9.58 Å². The zero-order valence-corrected chi connectivity index (χ0v) is 12.5. The van der Waals surface area contributed by atoms with Gasteiger partial charge < -0.3 is 10.2 Å². The Hall–Kier alpha value is -1.92. The minimum absolute atomic E-state index is 0.0569. The van der Waals surface area contributed by atoms with Gasteiger partial charge >= 0.3 is 0 Å². The van der Waals surface area contributed by atoms with Crippen LogP contribution in [-0.4, -0.2) is 50.8 Å². The molecule has 0 aliphatic carbocycles. The highest BCUT2D eigenvalue weighted by molar-refractivity contribution is 6.05. The van der Waals surface area contributed by atoms with Gasteiger partial charge in [0.25, 0.3) is 11.8 Å². The first-order chi connectivity index (χ1) is 10.1. The van der Waals surface area contributed by atoms with Crippen LogP contribution in [0.5, 0.6) is 0 Å². The third-order valence-electron chi connectivity index (χ3n) is 4.03. The predicted octanol–water partition coefficient (Wildman–Crippen LogP) is 0.672. The fourth-order valence-corrected chi connectivity index (χ4v) is 3.09. The molecule has 7 heteroatoms. The Kier molecular flexibility index (Phi) is 3.65. The second-order valence-electron chi connectivity index (χ2n) is 6.27. The molecule has 2 amide bonds. The van der Waals surface area contributed by atoms with Crippen molar-refractivity contribution in [3.05, 3.63) is 11.4 Å². The number of nitrogens with zero attached hydrogens (tertiary/aromatic N) is 4. The van der Waals surface area contributed by atoms with E-state index in [-0.39, 0.29) is 23.6 Å². The van der Waals surface area contributed by atoms with Gasteiger partial charge in [0.2, 0.25) is 0 Å². The fourth-order valence-electron chi connectivity index (χ4n) is 3.09. The monoisotopic (exact) mass is 291 g/mol. The third kappa shape index (κ3) is 2.64. The molecular weight excluding hydrogens is 270 g/mol. The lowest BCUT2D eigenvalue weighted by Crippen LogP contribution is -2.46. The topological polar surface area (TPSA) is 80.1 Å². The number of rotatable bonds is 3. The first kappa shape index (κ1) is 14.0. The standard InChI is InChI=1S/C14H21N5O2/c1-9(2)7-10-8-19-12(13(20)15-10)11(16-17-19)14(21)18-5-3-4-6-18/h9-10H,3-8H2,1-2H3,(H,15,20)/t10-/m0/s1. The van der Waals surface area contributed by atoms with Gasteiger partial charge in [-0.05, 0) is 25.2 Å². The number of carbonyl (C=O) groups excluding carboxylic acids is 2. The molecule has 2 aliphatic heterocycles. The van der Waals surface area contributed by atoms with Gasteiger partial charge in [0.15, 0.2) is 11.4 Å². The van der Waals surface area contributed by atoms with E-state index in [9.17, 15) is 9.59 Å². The summed E-state index contributed by atoms with van der Waals surface area (Å²) in [7, 11) is 0. The second-order valence-corrected chi connectivity index (χ2v) is 6.27. The fraction of sp³-hybridized carbons (Fsp3) is 0.714. The summed E-state index contributed by atoms with van der Waals surface area (Å²) in [6, 6.07) is 0.0569. The molecule has 0 bridgehead atoms. The summed E-state index contributed by atoms with van der Waals surface area (Å²) in [5.41, 5.74) is 0.504. The molecule has 1 N–H and O–H groups in total. The lowest BCUT2D eigenvalue weighted by Gasteiger charge is -2.25. The molecule has 0 aromatic carbocycles. The zero-order chi connectivity index (χ0) is 15.0. The van der Waals surface area contributed by atoms with Crippen molar-refractivity contribution in [2.24, 2.45) is 5.92 Å². The van der Waals surface area contributed by atoms with E-state index >= 15 is 0 Å². The van der Waals surface area contributed by atoms with Gasteiger partial charge in [-0.1, -0.05) is 19.1 Å². The van der Waals surface area contributed by atoms with Crippen molar-refractivity contribution >= 4 is 11.8 Å². The molecule has 1 aromatic heterocycles. The largest absolute Gasteiger partial charge is 0.346 e. The van der Waals surface area contributed by atoms with Gasteiger partial charge in [-0.3, -0.25) is 9.59 Å². The lowest BCUT2D eigenvalue weighted by molar-refractivity contribution is 0.0773. The van der Waals surface area contributed by atoms with Crippen LogP contribution in [0.15, 0.2) is 0 Å². The summed E-state index contributed by atoms with van der Waals surface area (Å²) in [6.07, 6.45) is 2.91. The summed E-state index contributed by atoms with van der Waals surface area (Å²) in [6.45, 7) is 6.29. The van der Waals surface area contributed by atoms with Gasteiger partial charge in [0.05, 0.1) is 6.54 Å². The maximum Gasteiger partial charge on any atom is 0.276 e. The van der Waals surface area contributed by atoms with Crippen molar-refractivity contribution in [1.29, 1.82) is 0 Å². The minimum Gasteiger partial charge on any atom is -0.346 e. The smallest absolute Gasteiger partial charge is 0.276 e. The molecule has 114 valence electrons. The molecule has 1 aromatic rings. The van der Waals surface area contributed by atoms with Crippen LogP contribution in [0, 0.1) is 5.92 Å². The molecule has 3 heterocycles. The SMILES string of the molecule is CC(C)C[C@H]1Cn2nnc(C(=O)N3CCCC3)c2C(=O)N1. The summed E-state index contributed by atoms with van der Waals surface area (Å²) in [5.74, 6) is 0.0803. The van der Waals surface area contributed by atoms with Crippen LogP contribution in [0.25, 0.3) is 0 Å². The molecule has 2 aliphatic rings. The van der Waals surface area contributed by atoms with Crippen molar-refractivity contribution in [2.75, 3.05) is 13.1 Å². The molecular formula is C14H21N5O2. The van der Waals surface area contributed by atoms with Crippen molar-refractivity contribution in [2.45, 2.75) is 45.7 Å². The molecule has 7 nitrogen and oxygen atoms in total. The van der Waals surface area contributed by atoms with Crippen LogP contribution >= 0.6 is 0 Å². The first-order valence-corrected chi connectivity index (χ1v) is 7.60. The highest BCUT2D eigenvalue weighted by atomic mass is 16.2. The van der Waals surface area contributed by atoms with Gasteiger partial charge in [0.1, 0.15) is 0 Å². The van der Waals surface area contributed by atoms with Crippen LogP contribution < -0.4 is 5.32 Å². The summed E-state index contributed by atoms with van der Waals surface area (Å²) in [5, 5.41) is 10.9. The summed E-state index contributed by atoms with van der Waals surface area (Å²) in [4.78, 5) is 26.5. The molecule has 1 saturated heterocycles. The number of aromatic nitrogens is 3. The van der Waals surface area contributed by atoms with Crippen LogP contribution in [0.3, 0.4) is 0 Å². The molecule has 0 unspecified atom stereocenters. The summed E-state index contributed by atoms with van der Waals surface area (Å²) < 4.78 is 1.58. The number of hydrogen-bond acceptors (Lipinski definition) is 4. The number of nitrogens with one attached hydrogen (secondary N) is 1. The maximum atomic E-state index is 12.4. The molecule has 3 rings (SSSR count). The number of fused-ring (bicyclic) bond motifs is 1. The number of carbonyl (C=O) groups is 2. The van der Waals surface area contributed by atoms with E-state index in [2.05, 4.69) is 29.5 Å². The highest BCUT2D eigenvalue weighted by Gasteiger charge is 2.34. The average Bonchev–Trinajstić information content (AvgIpc) is 3.06. The maximum absolute atomic E-state index is 12.4. The number of hydrogen-bond donors (Lipinski definition) is 1. The lowest BCUT2D eigenvalue weighted by atomic mass is 10.0. The van der Waals surface area contributed by atoms with Crippen LogP contribution in [-0.2, 0) is 6.54 Å². The van der Waals surface area contributed by atoms with E-state index in [1.165, 1.54) is 0 Å². The Morgan fingerprint density at radius 2 is 2.10 bits per heavy atom. The third-order valence-corrected chi connectivity index (χ3v) is 4.03. The Balaban J connectivity index is 1.83. The van der Waals surface area contributed by atoms with E-state index in [1.807, 2.05) is 0 Å². The van der Waals surface area contributed by atoms with Gasteiger partial charge in [-0.2, -0.15) is 0 Å². The van der Waals surface area contributed by atoms with Crippen molar-refractivity contribution < 1.29 is 9.59 Å². The first-order valence-electron chi connectivity index (χ1n) is 7.60. The van der Waals surface area contributed by atoms with Gasteiger partial charge in [-0.15, -0.1) is 5.10 Å². The zero-order valence-electron chi connectivity index (χ0n) is 12.5. The number of amides is 2. The van der Waals surface area contributed by atoms with Crippen LogP contribution in [0.1, 0.15) is 54.1 Å². The Labute approximate surface area is 123 Å². The van der Waals surface area contributed by atoms with E-state index in [4.69, 9.17) is 0 Å². The normalized spacial score (nSPS) is 21.6. The Morgan fingerprint density at radius 3 is 2.76 bits per heavy atom. The van der Waals surface area contributed by atoms with E-state index < -0.39 is 0 Å². The predicted molar refractivity (Wildman–Crippen MR) is 75.9 cm³/mol. The average molecular weight is 291 g/mol. The van der Waals surface area contributed by atoms with Crippen molar-refractivity contribution in [3.63, 3.8) is 0 Å². The van der Waals surface area contributed by atoms with E-state index in [0.717, 1.165) is 32.4 Å². The molecule has 1 atom stereocenters. The highest BCUT2D eigenvalue weighted by Crippen LogP contribution is 2.19. The molecule has 21 heavy (non-hydrogen) atoms. The summed E-state index contributed by atoms with van der Waals surface area (Å²) >= 11 is 0. The van der Waals surface area contributed by atoms with Crippen molar-refractivity contribution in [1.82, 2.24) is 25.2 Å².